The van der Waals surface area contributed by atoms with Crippen molar-refractivity contribution in [3.05, 3.63) is 0 Å². The van der Waals surface area contributed by atoms with Gasteiger partial charge in [-0.3, -0.25) is 4.79 Å². The van der Waals surface area contributed by atoms with Crippen molar-refractivity contribution in [2.75, 3.05) is 26.7 Å². The molecule has 0 aliphatic heterocycles. The van der Waals surface area contributed by atoms with Crippen LogP contribution in [-0.2, 0) is 4.79 Å². The molecule has 10 heavy (non-hydrogen) atoms. The van der Waals surface area contributed by atoms with Gasteiger partial charge >= 0.3 is 0 Å². The van der Waals surface area contributed by atoms with Gasteiger partial charge in [0.2, 0.25) is 5.91 Å². The molecule has 0 radical (unpaired) electrons. The monoisotopic (exact) mass is 144 g/mol. The largest absolute Gasteiger partial charge is 0.355 e. The van der Waals surface area contributed by atoms with Crippen LogP contribution in [0.2, 0.25) is 0 Å². The summed E-state index contributed by atoms with van der Waals surface area (Å²) in [5.74, 6) is 0.0458. The van der Waals surface area contributed by atoms with E-state index >= 15 is 0 Å². The smallest absolute Gasteiger partial charge is 0.216 e. The van der Waals surface area contributed by atoms with Gasteiger partial charge in [0.15, 0.2) is 0 Å². The van der Waals surface area contributed by atoms with Crippen molar-refractivity contribution >= 4 is 5.91 Å². The lowest BCUT2D eigenvalue weighted by molar-refractivity contribution is -0.118. The van der Waals surface area contributed by atoms with Gasteiger partial charge in [0, 0.05) is 20.0 Å². The number of carbonyl (C=O) groups is 1. The zero-order valence-electron chi connectivity index (χ0n) is 6.98. The highest BCUT2D eigenvalue weighted by molar-refractivity contribution is 5.72. The lowest BCUT2D eigenvalue weighted by atomic mass is 10.5. The highest BCUT2D eigenvalue weighted by Crippen LogP contribution is 1.76. The Labute approximate surface area is 62.4 Å². The topological polar surface area (TPSA) is 32.3 Å². The van der Waals surface area contributed by atoms with Gasteiger partial charge in [-0.15, -0.1) is 0 Å². The van der Waals surface area contributed by atoms with Crippen LogP contribution in [0.3, 0.4) is 0 Å². The van der Waals surface area contributed by atoms with Crippen molar-refractivity contribution in [3.63, 3.8) is 0 Å². The second kappa shape index (κ2) is 5.23. The van der Waals surface area contributed by atoms with Gasteiger partial charge in [0.05, 0.1) is 0 Å². The van der Waals surface area contributed by atoms with Crippen molar-refractivity contribution < 1.29 is 4.79 Å². The van der Waals surface area contributed by atoms with Gasteiger partial charge in [0.25, 0.3) is 0 Å². The van der Waals surface area contributed by atoms with Crippen LogP contribution >= 0.6 is 0 Å². The molecule has 0 aromatic rings. The minimum atomic E-state index is 0.0458. The molecule has 3 heteroatoms. The summed E-state index contributed by atoms with van der Waals surface area (Å²) in [7, 11) is 2.03. The van der Waals surface area contributed by atoms with Crippen LogP contribution < -0.4 is 5.32 Å². The summed E-state index contributed by atoms with van der Waals surface area (Å²) in [5, 5.41) is 2.73. The molecule has 3 nitrogen and oxygen atoms in total. The van der Waals surface area contributed by atoms with E-state index in [-0.39, 0.29) is 5.91 Å². The van der Waals surface area contributed by atoms with Crippen LogP contribution in [0.1, 0.15) is 13.8 Å². The first-order valence-corrected chi connectivity index (χ1v) is 3.59. The van der Waals surface area contributed by atoms with Crippen molar-refractivity contribution in [2.24, 2.45) is 0 Å². The van der Waals surface area contributed by atoms with Crippen LogP contribution in [-0.4, -0.2) is 37.5 Å². The maximum atomic E-state index is 10.4. The first kappa shape index (κ1) is 9.43. The van der Waals surface area contributed by atoms with E-state index in [1.165, 1.54) is 6.92 Å². The van der Waals surface area contributed by atoms with Crippen LogP contribution in [0.5, 0.6) is 0 Å². The lowest BCUT2D eigenvalue weighted by Crippen LogP contribution is -2.31. The fourth-order valence-corrected chi connectivity index (χ4v) is 0.581. The molecule has 1 amide bonds. The second-order valence-corrected chi connectivity index (χ2v) is 2.38. The molecular formula is C7H16N2O. The number of likely N-dealkylation sites (N-methyl/N-ethyl adjacent to an activating group) is 1. The average molecular weight is 144 g/mol. The number of rotatable bonds is 4. The molecule has 0 atom stereocenters. The molecule has 0 aromatic heterocycles. The Kier molecular flexibility index (Phi) is 4.94. The molecule has 0 rings (SSSR count). The third kappa shape index (κ3) is 5.56. The maximum absolute atomic E-state index is 10.4. The van der Waals surface area contributed by atoms with E-state index in [1.54, 1.807) is 0 Å². The molecule has 60 valence electrons. The molecule has 0 aliphatic carbocycles. The number of amides is 1. The van der Waals surface area contributed by atoms with Crippen LogP contribution in [0.25, 0.3) is 0 Å². The molecule has 0 unspecified atom stereocenters. The predicted molar refractivity (Wildman–Crippen MR) is 41.9 cm³/mol. The Morgan fingerprint density at radius 1 is 1.60 bits per heavy atom. The van der Waals surface area contributed by atoms with E-state index in [0.717, 1.165) is 19.6 Å². The molecule has 0 aromatic carbocycles. The van der Waals surface area contributed by atoms with Gasteiger partial charge in [-0.2, -0.15) is 0 Å². The Hall–Kier alpha value is -0.570. The number of hydrogen-bond acceptors (Lipinski definition) is 2. The van der Waals surface area contributed by atoms with Gasteiger partial charge in [0.1, 0.15) is 0 Å². The highest BCUT2D eigenvalue weighted by atomic mass is 16.1. The Morgan fingerprint density at radius 3 is 2.60 bits per heavy atom. The van der Waals surface area contributed by atoms with E-state index < -0.39 is 0 Å². The molecule has 0 saturated heterocycles. The van der Waals surface area contributed by atoms with E-state index in [0.29, 0.717) is 0 Å². The predicted octanol–water partition coefficient (Wildman–Crippen LogP) is 0.0742. The van der Waals surface area contributed by atoms with Gasteiger partial charge < -0.3 is 10.2 Å². The fraction of sp³-hybridized carbons (Fsp3) is 0.857. The number of carbonyl (C=O) groups excluding carboxylic acids is 1. The van der Waals surface area contributed by atoms with Crippen molar-refractivity contribution in [1.82, 2.24) is 10.2 Å². The Bertz CT molecular complexity index is 104. The average Bonchev–Trinajstić information content (AvgIpc) is 1.87. The highest BCUT2D eigenvalue weighted by Gasteiger charge is 1.93. The number of nitrogens with one attached hydrogen (secondary N) is 1. The summed E-state index contributed by atoms with van der Waals surface area (Å²) in [4.78, 5) is 12.5. The first-order valence-electron chi connectivity index (χ1n) is 3.59. The molecule has 0 saturated carbocycles. The van der Waals surface area contributed by atoms with Crippen molar-refractivity contribution in [1.29, 1.82) is 0 Å². The lowest BCUT2D eigenvalue weighted by Gasteiger charge is -2.12. The zero-order valence-corrected chi connectivity index (χ0v) is 6.98. The van der Waals surface area contributed by atoms with Crippen molar-refractivity contribution in [2.45, 2.75) is 13.8 Å². The third-order valence-electron chi connectivity index (χ3n) is 1.41. The SMILES string of the molecule is CCN(C)CCNC(C)=O. The quantitative estimate of drug-likeness (QED) is 0.605. The summed E-state index contributed by atoms with van der Waals surface area (Å²) in [5.41, 5.74) is 0. The van der Waals surface area contributed by atoms with Gasteiger partial charge in [-0.05, 0) is 13.6 Å². The Morgan fingerprint density at radius 2 is 2.20 bits per heavy atom. The molecule has 0 bridgehead atoms. The summed E-state index contributed by atoms with van der Waals surface area (Å²) in [6, 6.07) is 0. The molecule has 0 fully saturated rings. The number of hydrogen-bond donors (Lipinski definition) is 1. The molecule has 0 aliphatic rings. The van der Waals surface area contributed by atoms with E-state index in [4.69, 9.17) is 0 Å². The zero-order chi connectivity index (χ0) is 7.98. The second-order valence-electron chi connectivity index (χ2n) is 2.38. The Balaban J connectivity index is 3.11. The van der Waals surface area contributed by atoms with E-state index in [9.17, 15) is 4.79 Å². The minimum absolute atomic E-state index is 0.0458. The van der Waals surface area contributed by atoms with Gasteiger partial charge in [-0.25, -0.2) is 0 Å². The summed E-state index contributed by atoms with van der Waals surface area (Å²) in [6.45, 7) is 6.33. The normalized spacial score (nSPS) is 10.0. The maximum Gasteiger partial charge on any atom is 0.216 e. The minimum Gasteiger partial charge on any atom is -0.355 e. The number of nitrogens with zero attached hydrogens (tertiary/aromatic N) is 1. The van der Waals surface area contributed by atoms with Crippen LogP contribution in [0.15, 0.2) is 0 Å². The summed E-state index contributed by atoms with van der Waals surface area (Å²) < 4.78 is 0. The standard InChI is InChI=1S/C7H16N2O/c1-4-9(3)6-5-8-7(2)10/h4-6H2,1-3H3,(H,8,10). The van der Waals surface area contributed by atoms with Crippen LogP contribution in [0, 0.1) is 0 Å². The fourth-order valence-electron chi connectivity index (χ4n) is 0.581. The third-order valence-corrected chi connectivity index (χ3v) is 1.41. The molecule has 0 spiro atoms. The molecular weight excluding hydrogens is 128 g/mol. The summed E-state index contributed by atoms with van der Waals surface area (Å²) >= 11 is 0. The first-order chi connectivity index (χ1) is 4.66. The van der Waals surface area contributed by atoms with Crippen LogP contribution in [0.4, 0.5) is 0 Å². The summed E-state index contributed by atoms with van der Waals surface area (Å²) in [6.07, 6.45) is 0. The van der Waals surface area contributed by atoms with E-state index in [2.05, 4.69) is 17.1 Å². The molecule has 0 heterocycles. The van der Waals surface area contributed by atoms with Crippen molar-refractivity contribution in [3.8, 4) is 0 Å². The van der Waals surface area contributed by atoms with Gasteiger partial charge in [-0.1, -0.05) is 6.92 Å². The van der Waals surface area contributed by atoms with E-state index in [1.807, 2.05) is 7.05 Å². The molecule has 1 N–H and O–H groups in total.